The van der Waals surface area contributed by atoms with Crippen LogP contribution in [0, 0.1) is 36.3 Å². The number of halogens is 2. The fourth-order valence-corrected chi connectivity index (χ4v) is 6.27. The summed E-state index contributed by atoms with van der Waals surface area (Å²) in [6, 6.07) is 1.83. The third kappa shape index (κ3) is 4.86. The summed E-state index contributed by atoms with van der Waals surface area (Å²) in [6.45, 7) is 4.74. The first-order valence-electron chi connectivity index (χ1n) is 12.2. The van der Waals surface area contributed by atoms with Crippen LogP contribution in [0.25, 0.3) is 0 Å². The van der Waals surface area contributed by atoms with E-state index in [1.807, 2.05) is 13.0 Å². The van der Waals surface area contributed by atoms with Crippen LogP contribution in [-0.2, 0) is 4.74 Å². The van der Waals surface area contributed by atoms with Crippen molar-refractivity contribution in [2.45, 2.75) is 103 Å². The lowest BCUT2D eigenvalue weighted by atomic mass is 9.67. The van der Waals surface area contributed by atoms with E-state index >= 15 is 0 Å². The molecular weight excluding hydrogens is 366 g/mol. The molecule has 1 heterocycles. The van der Waals surface area contributed by atoms with Gasteiger partial charge in [-0.05, 0) is 86.3 Å². The molecule has 4 rings (SSSR count). The normalized spacial score (nSPS) is 32.3. The molecule has 162 valence electrons. The third-order valence-corrected chi connectivity index (χ3v) is 8.11. The monoisotopic (exact) mass is 404 g/mol. The molecule has 29 heavy (non-hydrogen) atoms. The summed E-state index contributed by atoms with van der Waals surface area (Å²) in [7, 11) is 0. The number of benzene rings is 1. The number of unbranched alkanes of at least 4 members (excludes halogenated alkanes) is 2. The highest BCUT2D eigenvalue weighted by molar-refractivity contribution is 5.38. The van der Waals surface area contributed by atoms with Gasteiger partial charge in [0.15, 0.2) is 11.6 Å². The summed E-state index contributed by atoms with van der Waals surface area (Å²) in [6.07, 6.45) is 15.3. The van der Waals surface area contributed by atoms with E-state index in [0.29, 0.717) is 17.7 Å². The zero-order chi connectivity index (χ0) is 20.4. The third-order valence-electron chi connectivity index (χ3n) is 8.11. The Balaban J connectivity index is 1.31. The van der Waals surface area contributed by atoms with Crippen LogP contribution in [0.15, 0.2) is 6.07 Å². The summed E-state index contributed by atoms with van der Waals surface area (Å²) in [4.78, 5) is 0. The van der Waals surface area contributed by atoms with Gasteiger partial charge in [0.2, 0.25) is 0 Å². The van der Waals surface area contributed by atoms with Crippen molar-refractivity contribution in [1.29, 1.82) is 0 Å². The minimum Gasteiger partial charge on any atom is -0.368 e. The summed E-state index contributed by atoms with van der Waals surface area (Å²) >= 11 is 0. The van der Waals surface area contributed by atoms with Crippen LogP contribution in [0.4, 0.5) is 8.78 Å². The minimum absolute atomic E-state index is 0.181. The first-order chi connectivity index (χ1) is 14.1. The van der Waals surface area contributed by atoms with Crippen LogP contribution in [0.3, 0.4) is 0 Å². The molecular formula is C26H38F2O. The van der Waals surface area contributed by atoms with E-state index in [4.69, 9.17) is 4.74 Å². The molecule has 0 amide bonds. The number of epoxide rings is 1. The van der Waals surface area contributed by atoms with Crippen LogP contribution in [0.2, 0.25) is 0 Å². The Hall–Kier alpha value is -0.960. The lowest BCUT2D eigenvalue weighted by Crippen LogP contribution is -2.26. The predicted molar refractivity (Wildman–Crippen MR) is 114 cm³/mol. The van der Waals surface area contributed by atoms with Crippen LogP contribution < -0.4 is 0 Å². The number of ether oxygens (including phenoxy) is 1. The van der Waals surface area contributed by atoms with Gasteiger partial charge >= 0.3 is 0 Å². The molecule has 2 saturated carbocycles. The second-order valence-corrected chi connectivity index (χ2v) is 10.0. The predicted octanol–water partition coefficient (Wildman–Crippen LogP) is 8.01. The van der Waals surface area contributed by atoms with E-state index in [-0.39, 0.29) is 12.0 Å². The second kappa shape index (κ2) is 9.45. The van der Waals surface area contributed by atoms with Gasteiger partial charge in [-0.1, -0.05) is 45.4 Å². The number of hydrogen-bond acceptors (Lipinski definition) is 1. The second-order valence-electron chi connectivity index (χ2n) is 10.0. The Morgan fingerprint density at radius 3 is 2.10 bits per heavy atom. The van der Waals surface area contributed by atoms with Crippen LogP contribution >= 0.6 is 0 Å². The maximum Gasteiger partial charge on any atom is 0.165 e. The molecule has 2 aliphatic carbocycles. The average Bonchev–Trinajstić information content (AvgIpc) is 3.57. The van der Waals surface area contributed by atoms with Gasteiger partial charge < -0.3 is 4.74 Å². The molecule has 0 N–H and O–H groups in total. The van der Waals surface area contributed by atoms with Crippen molar-refractivity contribution in [2.24, 2.45) is 17.8 Å². The highest BCUT2D eigenvalue weighted by Crippen LogP contribution is 2.46. The largest absolute Gasteiger partial charge is 0.368 e. The molecule has 0 bridgehead atoms. The molecule has 3 heteroatoms. The van der Waals surface area contributed by atoms with Crippen molar-refractivity contribution >= 4 is 0 Å². The quantitative estimate of drug-likeness (QED) is 0.331. The van der Waals surface area contributed by atoms with Gasteiger partial charge in [-0.3, -0.25) is 0 Å². The van der Waals surface area contributed by atoms with Gasteiger partial charge in [0.25, 0.3) is 0 Å². The van der Waals surface area contributed by atoms with Crippen LogP contribution in [0.5, 0.6) is 0 Å². The fourth-order valence-electron chi connectivity index (χ4n) is 6.27. The molecule has 0 spiro atoms. The molecule has 3 fully saturated rings. The van der Waals surface area contributed by atoms with E-state index in [0.717, 1.165) is 36.2 Å². The lowest BCUT2D eigenvalue weighted by molar-refractivity contribution is 0.155. The molecule has 1 aromatic rings. The first-order valence-corrected chi connectivity index (χ1v) is 12.2. The minimum atomic E-state index is -0.670. The molecule has 1 aliphatic heterocycles. The van der Waals surface area contributed by atoms with Gasteiger partial charge in [-0.2, -0.15) is 0 Å². The Morgan fingerprint density at radius 1 is 0.897 bits per heavy atom. The number of hydrogen-bond donors (Lipinski definition) is 0. The van der Waals surface area contributed by atoms with E-state index in [1.165, 1.54) is 64.2 Å². The molecule has 0 radical (unpaired) electrons. The van der Waals surface area contributed by atoms with Crippen LogP contribution in [-0.4, -0.2) is 6.61 Å². The molecule has 1 nitrogen and oxygen atoms in total. The van der Waals surface area contributed by atoms with Gasteiger partial charge in [-0.15, -0.1) is 0 Å². The van der Waals surface area contributed by atoms with E-state index < -0.39 is 11.6 Å². The van der Waals surface area contributed by atoms with Crippen molar-refractivity contribution in [3.05, 3.63) is 34.4 Å². The van der Waals surface area contributed by atoms with Crippen molar-refractivity contribution < 1.29 is 13.5 Å². The zero-order valence-electron chi connectivity index (χ0n) is 18.3. The molecule has 3 aliphatic rings. The summed E-state index contributed by atoms with van der Waals surface area (Å²) in [5.41, 5.74) is 1.96. The van der Waals surface area contributed by atoms with Crippen LogP contribution in [0.1, 0.15) is 113 Å². The van der Waals surface area contributed by atoms with Crippen molar-refractivity contribution in [3.63, 3.8) is 0 Å². The van der Waals surface area contributed by atoms with Gasteiger partial charge in [-0.25, -0.2) is 8.78 Å². The smallest absolute Gasteiger partial charge is 0.165 e. The number of aryl methyl sites for hydroxylation is 1. The topological polar surface area (TPSA) is 12.5 Å². The summed E-state index contributed by atoms with van der Waals surface area (Å²) in [5, 5.41) is 0. The number of rotatable bonds is 7. The fraction of sp³-hybridized carbons (Fsp3) is 0.769. The van der Waals surface area contributed by atoms with E-state index in [1.54, 1.807) is 0 Å². The van der Waals surface area contributed by atoms with E-state index in [2.05, 4.69) is 6.92 Å². The van der Waals surface area contributed by atoms with Crippen molar-refractivity contribution in [3.8, 4) is 0 Å². The Kier molecular flexibility index (Phi) is 6.94. The van der Waals surface area contributed by atoms with E-state index in [9.17, 15) is 8.78 Å². The maximum absolute atomic E-state index is 14.9. The Morgan fingerprint density at radius 2 is 1.52 bits per heavy atom. The Labute approximate surface area is 175 Å². The first kappa shape index (κ1) is 21.3. The highest BCUT2D eigenvalue weighted by atomic mass is 19.2. The molecule has 1 saturated heterocycles. The molecule has 1 aromatic carbocycles. The average molecular weight is 405 g/mol. The maximum atomic E-state index is 14.9. The molecule has 1 atom stereocenters. The van der Waals surface area contributed by atoms with Gasteiger partial charge in [0, 0.05) is 5.56 Å². The zero-order valence-corrected chi connectivity index (χ0v) is 18.3. The summed E-state index contributed by atoms with van der Waals surface area (Å²) in [5.74, 6) is 1.54. The van der Waals surface area contributed by atoms with Gasteiger partial charge in [0.1, 0.15) is 6.10 Å². The highest BCUT2D eigenvalue weighted by Gasteiger charge is 2.35. The van der Waals surface area contributed by atoms with Crippen molar-refractivity contribution in [1.82, 2.24) is 0 Å². The van der Waals surface area contributed by atoms with Gasteiger partial charge in [0.05, 0.1) is 6.61 Å². The Bertz CT molecular complexity index is 680. The molecule has 1 unspecified atom stereocenters. The van der Waals surface area contributed by atoms with Crippen molar-refractivity contribution in [2.75, 3.05) is 6.61 Å². The molecule has 0 aromatic heterocycles. The standard InChI is InChI=1S/C26H38F2O/c1-3-4-5-6-18-7-9-19(10-8-18)20-11-13-21(14-12-20)24-17(2)15-22(23-16-29-23)25(27)26(24)28/h15,18-21,23H,3-14,16H2,1-2H3. The SMILES string of the molecule is CCCCCC1CCC(C2CCC(c3c(C)cc(C4CO4)c(F)c3F)CC2)CC1. The lowest BCUT2D eigenvalue weighted by Gasteiger charge is -2.38. The summed E-state index contributed by atoms with van der Waals surface area (Å²) < 4.78 is 34.6.